The van der Waals surface area contributed by atoms with Crippen molar-refractivity contribution in [2.24, 2.45) is 5.10 Å². The fraction of sp³-hybridized carbons (Fsp3) is 0.0526. The summed E-state index contributed by atoms with van der Waals surface area (Å²) in [5, 5.41) is 18.5. The normalized spacial score (nSPS) is 11.3. The Kier molecular flexibility index (Phi) is 4.28. The van der Waals surface area contributed by atoms with Gasteiger partial charge in [-0.05, 0) is 41.9 Å². The maximum atomic E-state index is 5.27. The molecule has 2 aromatic carbocycles. The Morgan fingerprint density at radius 3 is 2.38 bits per heavy atom. The van der Waals surface area contributed by atoms with Crippen LogP contribution in [0.25, 0.3) is 22.6 Å². The molecule has 2 heterocycles. The van der Waals surface area contributed by atoms with Crippen LogP contribution in [0.2, 0.25) is 0 Å². The van der Waals surface area contributed by atoms with Crippen molar-refractivity contribution in [2.75, 3.05) is 0 Å². The minimum absolute atomic E-state index is 0.415. The van der Waals surface area contributed by atoms with Crippen molar-refractivity contribution >= 4 is 18.4 Å². The van der Waals surface area contributed by atoms with Gasteiger partial charge in [0.15, 0.2) is 0 Å². The van der Waals surface area contributed by atoms with Gasteiger partial charge >= 0.3 is 0 Å². The molecule has 6 nitrogen and oxygen atoms in total. The van der Waals surface area contributed by atoms with Gasteiger partial charge in [-0.15, -0.1) is 0 Å². The van der Waals surface area contributed by atoms with Crippen molar-refractivity contribution in [1.82, 2.24) is 25.1 Å². The van der Waals surface area contributed by atoms with Crippen molar-refractivity contribution < 1.29 is 0 Å². The van der Waals surface area contributed by atoms with Crippen LogP contribution >= 0.6 is 12.2 Å². The van der Waals surface area contributed by atoms with Gasteiger partial charge in [-0.3, -0.25) is 5.10 Å². The SMILES string of the molecule is Cc1cc(-c2n[nH]c(=S)n2/N=C/c2ccc(-c3ccccc3)cc2)n[nH]1. The van der Waals surface area contributed by atoms with Crippen LogP contribution in [0, 0.1) is 11.7 Å². The fourth-order valence-corrected chi connectivity index (χ4v) is 2.79. The van der Waals surface area contributed by atoms with Gasteiger partial charge in [0.2, 0.25) is 10.6 Å². The fourth-order valence-electron chi connectivity index (χ4n) is 2.61. The number of hydrogen-bond donors (Lipinski definition) is 2. The first-order valence-electron chi connectivity index (χ1n) is 8.10. The highest BCUT2D eigenvalue weighted by Crippen LogP contribution is 2.19. The lowest BCUT2D eigenvalue weighted by molar-refractivity contribution is 0.865. The predicted octanol–water partition coefficient (Wildman–Crippen LogP) is 4.19. The smallest absolute Gasteiger partial charge is 0.216 e. The molecule has 0 bridgehead atoms. The molecule has 0 unspecified atom stereocenters. The molecule has 0 saturated heterocycles. The average molecular weight is 360 g/mol. The number of aromatic amines is 2. The van der Waals surface area contributed by atoms with Crippen LogP contribution in [0.15, 0.2) is 65.8 Å². The highest BCUT2D eigenvalue weighted by atomic mass is 32.1. The van der Waals surface area contributed by atoms with E-state index in [1.54, 1.807) is 10.9 Å². The van der Waals surface area contributed by atoms with Crippen LogP contribution in [-0.2, 0) is 0 Å². The monoisotopic (exact) mass is 360 g/mol. The Bertz CT molecular complexity index is 1100. The van der Waals surface area contributed by atoms with Crippen LogP contribution in [0.1, 0.15) is 11.3 Å². The molecule has 0 aliphatic carbocycles. The predicted molar refractivity (Wildman–Crippen MR) is 105 cm³/mol. The standard InChI is InChI=1S/C19H16N6S/c1-13-11-17(22-21-13)18-23-24-19(26)25(18)20-12-14-7-9-16(10-8-14)15-5-3-2-4-6-15/h2-12H,1H3,(H,21,22)(H,24,26)/b20-12+. The minimum Gasteiger partial charge on any atom is -0.282 e. The lowest BCUT2D eigenvalue weighted by Crippen LogP contribution is -1.95. The number of rotatable bonds is 4. The summed E-state index contributed by atoms with van der Waals surface area (Å²) in [5.74, 6) is 0.566. The third kappa shape index (κ3) is 3.25. The van der Waals surface area contributed by atoms with E-state index in [1.165, 1.54) is 5.56 Å². The van der Waals surface area contributed by atoms with Gasteiger partial charge in [-0.25, -0.2) is 5.10 Å². The summed E-state index contributed by atoms with van der Waals surface area (Å²) in [6.45, 7) is 1.93. The molecule has 26 heavy (non-hydrogen) atoms. The summed E-state index contributed by atoms with van der Waals surface area (Å²) in [7, 11) is 0. The second-order valence-corrected chi connectivity index (χ2v) is 6.22. The van der Waals surface area contributed by atoms with Crippen molar-refractivity contribution in [3.63, 3.8) is 0 Å². The Balaban J connectivity index is 1.61. The zero-order valence-corrected chi connectivity index (χ0v) is 14.9. The topological polar surface area (TPSA) is 74.7 Å². The quantitative estimate of drug-likeness (QED) is 0.423. The lowest BCUT2D eigenvalue weighted by atomic mass is 10.0. The number of H-pyrrole nitrogens is 2. The van der Waals surface area contributed by atoms with Gasteiger partial charge in [-0.2, -0.15) is 20.0 Å². The van der Waals surface area contributed by atoms with Crippen molar-refractivity contribution in [3.05, 3.63) is 76.7 Å². The minimum atomic E-state index is 0.415. The molecule has 0 amide bonds. The van der Waals surface area contributed by atoms with Crippen LogP contribution in [0.5, 0.6) is 0 Å². The molecule has 0 spiro atoms. The van der Waals surface area contributed by atoms with Crippen LogP contribution in [0.3, 0.4) is 0 Å². The summed E-state index contributed by atoms with van der Waals surface area (Å²) in [6, 6.07) is 20.3. The van der Waals surface area contributed by atoms with E-state index in [0.29, 0.717) is 16.3 Å². The van der Waals surface area contributed by atoms with E-state index in [0.717, 1.165) is 16.8 Å². The van der Waals surface area contributed by atoms with Gasteiger partial charge in [0.25, 0.3) is 0 Å². The number of nitrogens with zero attached hydrogens (tertiary/aromatic N) is 4. The highest BCUT2D eigenvalue weighted by Gasteiger charge is 2.10. The number of hydrogen-bond acceptors (Lipinski definition) is 4. The molecule has 4 aromatic rings. The number of benzene rings is 2. The highest BCUT2D eigenvalue weighted by molar-refractivity contribution is 7.71. The molecule has 128 valence electrons. The third-order valence-electron chi connectivity index (χ3n) is 3.93. The zero-order valence-electron chi connectivity index (χ0n) is 14.0. The Morgan fingerprint density at radius 2 is 1.69 bits per heavy atom. The molecule has 7 heteroatoms. The largest absolute Gasteiger partial charge is 0.282 e. The second-order valence-electron chi connectivity index (χ2n) is 5.83. The summed E-state index contributed by atoms with van der Waals surface area (Å²) in [6.07, 6.45) is 1.75. The first-order chi connectivity index (χ1) is 12.7. The first kappa shape index (κ1) is 16.2. The van der Waals surface area contributed by atoms with E-state index in [4.69, 9.17) is 12.2 Å². The summed E-state index contributed by atoms with van der Waals surface area (Å²) in [5.41, 5.74) is 4.95. The Hall–Kier alpha value is -3.32. The van der Waals surface area contributed by atoms with Crippen LogP contribution in [0.4, 0.5) is 0 Å². The van der Waals surface area contributed by atoms with E-state index >= 15 is 0 Å². The summed E-state index contributed by atoms with van der Waals surface area (Å²) in [4.78, 5) is 0. The second kappa shape index (κ2) is 6.89. The van der Waals surface area contributed by atoms with Gasteiger partial charge < -0.3 is 0 Å². The maximum Gasteiger partial charge on any atom is 0.216 e. The van der Waals surface area contributed by atoms with E-state index < -0.39 is 0 Å². The molecule has 2 aromatic heterocycles. The van der Waals surface area contributed by atoms with Gasteiger partial charge in [0.05, 0.1) is 6.21 Å². The molecule has 2 N–H and O–H groups in total. The van der Waals surface area contributed by atoms with E-state index in [9.17, 15) is 0 Å². The van der Waals surface area contributed by atoms with E-state index in [1.807, 2.05) is 43.3 Å². The van der Waals surface area contributed by atoms with Crippen LogP contribution < -0.4 is 0 Å². The number of nitrogens with one attached hydrogen (secondary N) is 2. The Labute approximate surface area is 155 Å². The summed E-state index contributed by atoms with van der Waals surface area (Å²) < 4.78 is 1.98. The molecule has 0 aliphatic heterocycles. The van der Waals surface area contributed by atoms with Gasteiger partial charge in [0.1, 0.15) is 5.69 Å². The van der Waals surface area contributed by atoms with Crippen molar-refractivity contribution in [2.45, 2.75) is 6.92 Å². The number of aromatic nitrogens is 5. The molecular weight excluding hydrogens is 344 g/mol. The molecule has 0 fully saturated rings. The number of aryl methyl sites for hydroxylation is 1. The first-order valence-corrected chi connectivity index (χ1v) is 8.51. The molecule has 4 rings (SSSR count). The van der Waals surface area contributed by atoms with Gasteiger partial charge in [-0.1, -0.05) is 54.6 Å². The van der Waals surface area contributed by atoms with Gasteiger partial charge in [0, 0.05) is 5.69 Å². The van der Waals surface area contributed by atoms with Crippen molar-refractivity contribution in [1.29, 1.82) is 0 Å². The average Bonchev–Trinajstić information content (AvgIpc) is 3.26. The molecular formula is C19H16N6S. The molecule has 0 radical (unpaired) electrons. The Morgan fingerprint density at radius 1 is 0.962 bits per heavy atom. The molecule has 0 aliphatic rings. The zero-order chi connectivity index (χ0) is 17.9. The maximum absolute atomic E-state index is 5.27. The van der Waals surface area contributed by atoms with Crippen LogP contribution in [-0.4, -0.2) is 31.3 Å². The third-order valence-corrected chi connectivity index (χ3v) is 4.19. The molecule has 0 atom stereocenters. The van der Waals surface area contributed by atoms with Crippen molar-refractivity contribution in [3.8, 4) is 22.6 Å². The van der Waals surface area contributed by atoms with E-state index in [2.05, 4.69) is 49.8 Å². The lowest BCUT2D eigenvalue weighted by Gasteiger charge is -2.02. The van der Waals surface area contributed by atoms with E-state index in [-0.39, 0.29) is 0 Å². The molecule has 0 saturated carbocycles. The summed E-state index contributed by atoms with van der Waals surface area (Å²) >= 11 is 5.27.